The van der Waals surface area contributed by atoms with Crippen molar-refractivity contribution in [1.82, 2.24) is 15.7 Å². The summed E-state index contributed by atoms with van der Waals surface area (Å²) in [5.74, 6) is 0.00615. The van der Waals surface area contributed by atoms with E-state index in [-0.39, 0.29) is 17.7 Å². The van der Waals surface area contributed by atoms with Crippen LogP contribution < -0.4 is 10.8 Å². The number of amides is 2. The lowest BCUT2D eigenvalue weighted by Gasteiger charge is -2.49. The van der Waals surface area contributed by atoms with Gasteiger partial charge < -0.3 is 5.32 Å². The molecule has 0 aromatic rings. The predicted molar refractivity (Wildman–Crippen MR) is 137 cm³/mol. The van der Waals surface area contributed by atoms with Crippen molar-refractivity contribution in [2.45, 2.75) is 138 Å². The fraction of sp³-hybridized carbons (Fsp3) is 0.923. The first-order chi connectivity index (χ1) is 16.5. The van der Waals surface area contributed by atoms with Crippen LogP contribution >= 0.6 is 23.2 Å². The normalized spacial score (nSPS) is 32.4. The van der Waals surface area contributed by atoms with Crippen molar-refractivity contribution in [3.8, 4) is 0 Å². The number of carbonyl (C=O) groups is 2. The molecule has 2 amide bonds. The quantitative estimate of drug-likeness (QED) is 0.146. The van der Waals surface area contributed by atoms with Gasteiger partial charge in [0.2, 0.25) is 11.8 Å². The molecular weight excluding hydrogens is 473 g/mol. The van der Waals surface area contributed by atoms with E-state index in [1.54, 1.807) is 5.48 Å². The van der Waals surface area contributed by atoms with Gasteiger partial charge >= 0.3 is 0 Å². The molecule has 0 aromatic heterocycles. The van der Waals surface area contributed by atoms with E-state index in [0.29, 0.717) is 41.8 Å². The highest BCUT2D eigenvalue weighted by Crippen LogP contribution is 2.39. The lowest BCUT2D eigenvalue weighted by molar-refractivity contribution is -0.129. The minimum atomic E-state index is -0.334. The van der Waals surface area contributed by atoms with Crippen molar-refractivity contribution in [1.29, 1.82) is 0 Å². The van der Waals surface area contributed by atoms with Crippen LogP contribution in [0.3, 0.4) is 0 Å². The second-order valence-electron chi connectivity index (χ2n) is 10.8. The summed E-state index contributed by atoms with van der Waals surface area (Å²) in [6, 6.07) is 1.70. The van der Waals surface area contributed by atoms with Gasteiger partial charge in [-0.1, -0.05) is 25.7 Å². The Hall–Kier alpha value is -0.560. The van der Waals surface area contributed by atoms with Crippen LogP contribution in [0.5, 0.6) is 0 Å². The minimum Gasteiger partial charge on any atom is -0.356 e. The maximum absolute atomic E-state index is 12.7. The molecule has 3 aliphatic carbocycles. The molecule has 4 atom stereocenters. The van der Waals surface area contributed by atoms with Gasteiger partial charge in [0.1, 0.15) is 0 Å². The summed E-state index contributed by atoms with van der Waals surface area (Å²) in [6.07, 6.45) is 17.5. The lowest BCUT2D eigenvalue weighted by atomic mass is 9.80. The standard InChI is InChI=1S/C26H45Cl2N3O3/c27-20-7-5-9-23(17-20)31(24-10-6-8-21(28)18-24)22-14-12-19(13-15-22)26(33)29-16-4-2-1-3-11-25(32)30-34/h19-24,34H,1-18H2,(H,29,33)(H,30,32). The van der Waals surface area contributed by atoms with Crippen molar-refractivity contribution in [2.24, 2.45) is 5.92 Å². The summed E-state index contributed by atoms with van der Waals surface area (Å²) >= 11 is 13.2. The van der Waals surface area contributed by atoms with Crippen LogP contribution in [-0.4, -0.2) is 57.3 Å². The number of carbonyl (C=O) groups excluding carboxylic acids is 2. The SMILES string of the molecule is O=C(CCCCCCNC(=O)C1CCC(N(C2CCCC(Cl)C2)C2CCCC(Cl)C2)CC1)NO. The highest BCUT2D eigenvalue weighted by atomic mass is 35.5. The fourth-order valence-corrected chi connectivity index (χ4v) is 7.18. The third kappa shape index (κ3) is 8.83. The average molecular weight is 519 g/mol. The molecule has 4 unspecified atom stereocenters. The molecule has 0 heterocycles. The Morgan fingerprint density at radius 2 is 1.35 bits per heavy atom. The molecule has 3 N–H and O–H groups in total. The van der Waals surface area contributed by atoms with Gasteiger partial charge in [-0.25, -0.2) is 5.48 Å². The molecule has 6 nitrogen and oxygen atoms in total. The summed E-state index contributed by atoms with van der Waals surface area (Å²) in [4.78, 5) is 26.6. The van der Waals surface area contributed by atoms with E-state index < -0.39 is 0 Å². The maximum atomic E-state index is 12.7. The Balaban J connectivity index is 1.41. The molecule has 3 rings (SSSR count). The monoisotopic (exact) mass is 517 g/mol. The highest BCUT2D eigenvalue weighted by Gasteiger charge is 2.39. The molecule has 3 aliphatic rings. The summed E-state index contributed by atoms with van der Waals surface area (Å²) in [7, 11) is 0. The van der Waals surface area contributed by atoms with Gasteiger partial charge in [-0.2, -0.15) is 0 Å². The third-order valence-corrected chi connectivity index (χ3v) is 9.04. The molecule has 8 heteroatoms. The Bertz CT molecular complexity index is 608. The fourth-order valence-electron chi connectivity index (χ4n) is 6.46. The van der Waals surface area contributed by atoms with Crippen LogP contribution in [0.25, 0.3) is 0 Å². The number of halogens is 2. The number of hydroxylamine groups is 1. The van der Waals surface area contributed by atoms with Gasteiger partial charge in [0.25, 0.3) is 0 Å². The molecule has 196 valence electrons. The average Bonchev–Trinajstić information content (AvgIpc) is 2.84. The first kappa shape index (κ1) is 28.0. The number of alkyl halides is 2. The van der Waals surface area contributed by atoms with Crippen molar-refractivity contribution < 1.29 is 14.8 Å². The summed E-state index contributed by atoms with van der Waals surface area (Å²) in [5.41, 5.74) is 1.66. The second-order valence-corrected chi connectivity index (χ2v) is 12.0. The molecule has 0 radical (unpaired) electrons. The van der Waals surface area contributed by atoms with Gasteiger partial charge in [-0.15, -0.1) is 23.2 Å². The number of nitrogens with one attached hydrogen (secondary N) is 2. The summed E-state index contributed by atoms with van der Waals surface area (Å²) in [5, 5.41) is 12.2. The molecular formula is C26H45Cl2N3O3. The predicted octanol–water partition coefficient (Wildman–Crippen LogP) is 5.52. The van der Waals surface area contributed by atoms with Crippen molar-refractivity contribution in [3.63, 3.8) is 0 Å². The molecule has 0 spiro atoms. The molecule has 0 saturated heterocycles. The molecule has 0 aliphatic heterocycles. The van der Waals surface area contributed by atoms with E-state index in [1.807, 2.05) is 0 Å². The number of nitrogens with zero attached hydrogens (tertiary/aromatic N) is 1. The molecule has 0 bridgehead atoms. The minimum absolute atomic E-state index is 0.130. The zero-order valence-electron chi connectivity index (χ0n) is 20.7. The van der Waals surface area contributed by atoms with Crippen LogP contribution in [0.4, 0.5) is 0 Å². The highest BCUT2D eigenvalue weighted by molar-refractivity contribution is 6.20. The van der Waals surface area contributed by atoms with E-state index in [2.05, 4.69) is 10.2 Å². The zero-order valence-corrected chi connectivity index (χ0v) is 22.2. The van der Waals surface area contributed by atoms with Gasteiger partial charge in [0.15, 0.2) is 0 Å². The van der Waals surface area contributed by atoms with E-state index in [9.17, 15) is 9.59 Å². The van der Waals surface area contributed by atoms with E-state index in [4.69, 9.17) is 28.4 Å². The number of unbranched alkanes of at least 4 members (excludes halogenated alkanes) is 3. The molecule has 3 saturated carbocycles. The smallest absolute Gasteiger partial charge is 0.243 e. The van der Waals surface area contributed by atoms with Gasteiger partial charge in [0.05, 0.1) is 0 Å². The van der Waals surface area contributed by atoms with E-state index >= 15 is 0 Å². The molecule has 3 fully saturated rings. The van der Waals surface area contributed by atoms with Crippen LogP contribution in [-0.2, 0) is 9.59 Å². The molecule has 0 aromatic carbocycles. The summed E-state index contributed by atoms with van der Waals surface area (Å²) in [6.45, 7) is 0.704. The largest absolute Gasteiger partial charge is 0.356 e. The Morgan fingerprint density at radius 1 is 0.765 bits per heavy atom. The van der Waals surface area contributed by atoms with E-state index in [0.717, 1.165) is 77.0 Å². The Morgan fingerprint density at radius 3 is 1.91 bits per heavy atom. The van der Waals surface area contributed by atoms with Crippen LogP contribution in [0, 0.1) is 5.92 Å². The van der Waals surface area contributed by atoms with Crippen molar-refractivity contribution in [3.05, 3.63) is 0 Å². The Labute approximate surface area is 215 Å². The zero-order chi connectivity index (χ0) is 24.3. The Kier molecular flexibility index (Phi) is 12.3. The van der Waals surface area contributed by atoms with Crippen molar-refractivity contribution >= 4 is 35.0 Å². The lowest BCUT2D eigenvalue weighted by Crippen LogP contribution is -2.54. The molecule has 34 heavy (non-hydrogen) atoms. The first-order valence-electron chi connectivity index (χ1n) is 13.7. The van der Waals surface area contributed by atoms with Crippen molar-refractivity contribution in [2.75, 3.05) is 6.54 Å². The number of rotatable bonds is 11. The van der Waals surface area contributed by atoms with Crippen LogP contribution in [0.1, 0.15) is 109 Å². The number of hydrogen-bond acceptors (Lipinski definition) is 4. The third-order valence-electron chi connectivity index (χ3n) is 8.25. The second kappa shape index (κ2) is 14.9. The summed E-state index contributed by atoms with van der Waals surface area (Å²) < 4.78 is 0. The first-order valence-corrected chi connectivity index (χ1v) is 14.6. The van der Waals surface area contributed by atoms with Gasteiger partial charge in [-0.05, 0) is 77.0 Å². The van der Waals surface area contributed by atoms with Crippen LogP contribution in [0.15, 0.2) is 0 Å². The maximum Gasteiger partial charge on any atom is 0.243 e. The number of hydrogen-bond donors (Lipinski definition) is 3. The van der Waals surface area contributed by atoms with Crippen LogP contribution in [0.2, 0.25) is 0 Å². The van der Waals surface area contributed by atoms with Gasteiger partial charge in [-0.3, -0.25) is 19.7 Å². The van der Waals surface area contributed by atoms with Gasteiger partial charge in [0, 0.05) is 47.8 Å². The van der Waals surface area contributed by atoms with E-state index in [1.165, 1.54) is 25.7 Å². The topological polar surface area (TPSA) is 81.7 Å².